The normalized spacial score (nSPS) is 44.2. The molecule has 1 saturated heterocycles. The molecule has 11 heavy (non-hydrogen) atoms. The SMILES string of the molecule is O=C1O[C@H](CO)[C@@H](O)C1(F)Br. The summed E-state index contributed by atoms with van der Waals surface area (Å²) in [6.07, 6.45) is -2.83. The molecule has 3 atom stereocenters. The molecule has 1 aliphatic heterocycles. The van der Waals surface area contributed by atoms with Crippen molar-refractivity contribution in [3.05, 3.63) is 0 Å². The first-order chi connectivity index (χ1) is 5.00. The van der Waals surface area contributed by atoms with Gasteiger partial charge < -0.3 is 14.9 Å². The number of ether oxygens (including phenoxy) is 1. The fourth-order valence-electron chi connectivity index (χ4n) is 0.772. The first-order valence-corrected chi connectivity index (χ1v) is 3.67. The lowest BCUT2D eigenvalue weighted by molar-refractivity contribution is -0.147. The van der Waals surface area contributed by atoms with E-state index in [-0.39, 0.29) is 0 Å². The van der Waals surface area contributed by atoms with E-state index in [2.05, 4.69) is 20.7 Å². The molecule has 4 nitrogen and oxygen atoms in total. The van der Waals surface area contributed by atoms with Gasteiger partial charge in [-0.1, -0.05) is 0 Å². The molecular formula is C5H6BrFO4. The van der Waals surface area contributed by atoms with Crippen LogP contribution < -0.4 is 0 Å². The molecule has 0 aromatic heterocycles. The van der Waals surface area contributed by atoms with Gasteiger partial charge in [-0.15, -0.1) is 0 Å². The average molecular weight is 229 g/mol. The molecule has 1 fully saturated rings. The van der Waals surface area contributed by atoms with Gasteiger partial charge in [0, 0.05) is 0 Å². The molecule has 2 N–H and O–H groups in total. The minimum atomic E-state index is -2.57. The van der Waals surface area contributed by atoms with Crippen LogP contribution >= 0.6 is 15.9 Å². The Hall–Kier alpha value is -0.200. The summed E-state index contributed by atoms with van der Waals surface area (Å²) in [7, 11) is 0. The maximum atomic E-state index is 12.9. The van der Waals surface area contributed by atoms with Crippen LogP contribution in [0.25, 0.3) is 0 Å². The second-order valence-corrected chi connectivity index (χ2v) is 3.35. The van der Waals surface area contributed by atoms with Crippen molar-refractivity contribution in [2.75, 3.05) is 6.61 Å². The molecule has 1 heterocycles. The number of cyclic esters (lactones) is 1. The second-order valence-electron chi connectivity index (χ2n) is 2.19. The Labute approximate surface area is 70.1 Å². The quantitative estimate of drug-likeness (QED) is 0.462. The standard InChI is InChI=1S/C5H6BrFO4/c6-5(7)3(9)2(1-8)11-4(5)10/h2-3,8-9H,1H2/t2-,3-,5?/m1/s1. The number of hydrogen-bond acceptors (Lipinski definition) is 4. The number of aliphatic hydroxyl groups is 2. The summed E-state index contributed by atoms with van der Waals surface area (Å²) in [6, 6.07) is 0. The predicted molar refractivity (Wildman–Crippen MR) is 35.7 cm³/mol. The Kier molecular flexibility index (Phi) is 2.17. The van der Waals surface area contributed by atoms with Crippen LogP contribution in [0.5, 0.6) is 0 Å². The van der Waals surface area contributed by atoms with Gasteiger partial charge in [0.25, 0.3) is 4.58 Å². The van der Waals surface area contributed by atoms with Gasteiger partial charge in [0.2, 0.25) is 0 Å². The number of hydrogen-bond donors (Lipinski definition) is 2. The first kappa shape index (κ1) is 8.89. The van der Waals surface area contributed by atoms with Crippen LogP contribution in [0.15, 0.2) is 0 Å². The van der Waals surface area contributed by atoms with E-state index in [9.17, 15) is 9.18 Å². The third-order valence-corrected chi connectivity index (χ3v) is 2.23. The molecule has 0 aromatic carbocycles. The van der Waals surface area contributed by atoms with Crippen molar-refractivity contribution in [2.24, 2.45) is 0 Å². The monoisotopic (exact) mass is 228 g/mol. The van der Waals surface area contributed by atoms with Crippen LogP contribution in [0.1, 0.15) is 0 Å². The van der Waals surface area contributed by atoms with Crippen molar-refractivity contribution < 1.29 is 24.1 Å². The van der Waals surface area contributed by atoms with Crippen LogP contribution in [-0.2, 0) is 9.53 Å². The number of carbonyl (C=O) groups excluding carboxylic acids is 1. The van der Waals surface area contributed by atoms with E-state index in [0.29, 0.717) is 0 Å². The Morgan fingerprint density at radius 1 is 1.82 bits per heavy atom. The molecule has 6 heteroatoms. The molecule has 64 valence electrons. The van der Waals surface area contributed by atoms with Gasteiger partial charge >= 0.3 is 5.97 Å². The molecule has 1 aliphatic rings. The van der Waals surface area contributed by atoms with Crippen LogP contribution in [0.4, 0.5) is 4.39 Å². The molecule has 1 unspecified atom stereocenters. The Morgan fingerprint density at radius 2 is 2.36 bits per heavy atom. The van der Waals surface area contributed by atoms with Crippen LogP contribution in [0.3, 0.4) is 0 Å². The van der Waals surface area contributed by atoms with Crippen molar-refractivity contribution in [2.45, 2.75) is 16.8 Å². The molecule has 0 saturated carbocycles. The van der Waals surface area contributed by atoms with Crippen LogP contribution in [0.2, 0.25) is 0 Å². The van der Waals surface area contributed by atoms with Gasteiger partial charge in [0.1, 0.15) is 6.10 Å². The zero-order valence-electron chi connectivity index (χ0n) is 5.33. The van der Waals surface area contributed by atoms with Crippen molar-refractivity contribution in [1.82, 2.24) is 0 Å². The van der Waals surface area contributed by atoms with Crippen molar-refractivity contribution >= 4 is 21.9 Å². The number of alkyl halides is 2. The molecule has 0 radical (unpaired) electrons. The summed E-state index contributed by atoms with van der Waals surface area (Å²) in [5.74, 6) is -1.20. The summed E-state index contributed by atoms with van der Waals surface area (Å²) >= 11 is 2.35. The zero-order chi connectivity index (χ0) is 8.65. The highest BCUT2D eigenvalue weighted by molar-refractivity contribution is 9.10. The van der Waals surface area contributed by atoms with Gasteiger partial charge in [-0.05, 0) is 15.9 Å². The van der Waals surface area contributed by atoms with E-state index >= 15 is 0 Å². The molecule has 0 aliphatic carbocycles. The third kappa shape index (κ3) is 1.25. The minimum Gasteiger partial charge on any atom is -0.454 e. The maximum absolute atomic E-state index is 12.9. The lowest BCUT2D eigenvalue weighted by Gasteiger charge is -2.12. The molecule has 0 bridgehead atoms. The molecular weight excluding hydrogens is 223 g/mol. The number of rotatable bonds is 1. The zero-order valence-corrected chi connectivity index (χ0v) is 6.91. The fraction of sp³-hybridized carbons (Fsp3) is 0.800. The van der Waals surface area contributed by atoms with E-state index in [4.69, 9.17) is 10.2 Å². The average Bonchev–Trinajstić information content (AvgIpc) is 2.14. The summed E-state index contributed by atoms with van der Waals surface area (Å²) in [6.45, 7) is -0.593. The third-order valence-electron chi connectivity index (χ3n) is 1.43. The lowest BCUT2D eigenvalue weighted by atomic mass is 10.2. The van der Waals surface area contributed by atoms with E-state index in [1.54, 1.807) is 0 Å². The summed E-state index contributed by atoms with van der Waals surface area (Å²) in [5, 5.41) is 17.4. The molecule has 0 aromatic rings. The topological polar surface area (TPSA) is 66.8 Å². The van der Waals surface area contributed by atoms with Gasteiger partial charge in [-0.2, -0.15) is 0 Å². The van der Waals surface area contributed by atoms with Gasteiger partial charge in [0.05, 0.1) is 6.61 Å². The van der Waals surface area contributed by atoms with Crippen molar-refractivity contribution in [3.63, 3.8) is 0 Å². The summed E-state index contributed by atoms with van der Waals surface area (Å²) < 4.78 is 14.6. The fourth-order valence-corrected chi connectivity index (χ4v) is 1.16. The lowest BCUT2D eigenvalue weighted by Crippen LogP contribution is -2.37. The molecule has 0 amide bonds. The molecule has 1 rings (SSSR count). The van der Waals surface area contributed by atoms with E-state index in [1.807, 2.05) is 0 Å². The Morgan fingerprint density at radius 3 is 2.55 bits per heavy atom. The van der Waals surface area contributed by atoms with Crippen molar-refractivity contribution in [1.29, 1.82) is 0 Å². The number of aliphatic hydroxyl groups excluding tert-OH is 2. The number of esters is 1. The Balaban J connectivity index is 2.80. The first-order valence-electron chi connectivity index (χ1n) is 2.88. The van der Waals surface area contributed by atoms with Gasteiger partial charge in [-0.3, -0.25) is 0 Å². The predicted octanol–water partition coefficient (Wildman–Crippen LogP) is -0.674. The van der Waals surface area contributed by atoms with Crippen LogP contribution in [-0.4, -0.2) is 39.6 Å². The largest absolute Gasteiger partial charge is 0.454 e. The highest BCUT2D eigenvalue weighted by Crippen LogP contribution is 2.35. The van der Waals surface area contributed by atoms with E-state index < -0.39 is 29.4 Å². The van der Waals surface area contributed by atoms with E-state index in [0.717, 1.165) is 0 Å². The van der Waals surface area contributed by atoms with Gasteiger partial charge in [0.15, 0.2) is 6.10 Å². The van der Waals surface area contributed by atoms with Crippen LogP contribution in [0, 0.1) is 0 Å². The smallest absolute Gasteiger partial charge is 0.358 e. The Bertz CT molecular complexity index is 183. The van der Waals surface area contributed by atoms with Crippen molar-refractivity contribution in [3.8, 4) is 0 Å². The van der Waals surface area contributed by atoms with E-state index in [1.165, 1.54) is 0 Å². The highest BCUT2D eigenvalue weighted by atomic mass is 79.9. The molecule has 0 spiro atoms. The summed E-state index contributed by atoms with van der Waals surface area (Å²) in [5.41, 5.74) is 0. The number of carbonyl (C=O) groups is 1. The minimum absolute atomic E-state index is 0.593. The summed E-state index contributed by atoms with van der Waals surface area (Å²) in [4.78, 5) is 10.6. The highest BCUT2D eigenvalue weighted by Gasteiger charge is 2.56. The number of halogens is 2. The second kappa shape index (κ2) is 2.69. The maximum Gasteiger partial charge on any atom is 0.358 e. The van der Waals surface area contributed by atoms with Gasteiger partial charge in [-0.25, -0.2) is 9.18 Å².